The largest absolute Gasteiger partial charge is 0.455 e. The van der Waals surface area contributed by atoms with E-state index in [2.05, 4.69) is 0 Å². The van der Waals surface area contributed by atoms with Gasteiger partial charge in [-0.3, -0.25) is 13.9 Å². The molecule has 0 aliphatic carbocycles. The fourth-order valence-electron chi connectivity index (χ4n) is 3.53. The number of aldehydes is 2. The highest BCUT2D eigenvalue weighted by molar-refractivity contribution is 7.92. The number of hydrogen-bond acceptors (Lipinski definition) is 5. The van der Waals surface area contributed by atoms with Crippen LogP contribution in [-0.2, 0) is 10.0 Å². The molecule has 0 saturated carbocycles. The van der Waals surface area contributed by atoms with Crippen molar-refractivity contribution in [2.75, 3.05) is 17.6 Å². The lowest BCUT2D eigenvalue weighted by Crippen LogP contribution is -2.25. The summed E-state index contributed by atoms with van der Waals surface area (Å²) in [6.07, 6.45) is 2.42. The predicted molar refractivity (Wildman–Crippen MR) is 121 cm³/mol. The number of benzene rings is 3. The molecule has 3 aromatic carbocycles. The number of nitrogens with zero attached hydrogens (tertiary/aromatic N) is 1. The lowest BCUT2D eigenvalue weighted by Gasteiger charge is -2.20. The summed E-state index contributed by atoms with van der Waals surface area (Å²) in [4.78, 5) is 23.3. The molecule has 162 valence electrons. The second-order valence-electron chi connectivity index (χ2n) is 7.31. The van der Waals surface area contributed by atoms with Gasteiger partial charge >= 0.3 is 0 Å². The van der Waals surface area contributed by atoms with Gasteiger partial charge in [-0.15, -0.1) is 0 Å². The van der Waals surface area contributed by atoms with E-state index in [0.29, 0.717) is 51.5 Å². The Morgan fingerprint density at radius 2 is 1.66 bits per heavy atom. The van der Waals surface area contributed by atoms with Gasteiger partial charge < -0.3 is 4.42 Å². The maximum atomic E-state index is 13.4. The van der Waals surface area contributed by atoms with Crippen LogP contribution in [0.25, 0.3) is 33.4 Å². The molecule has 0 N–H and O–H groups in total. The molecule has 32 heavy (non-hydrogen) atoms. The van der Waals surface area contributed by atoms with Crippen molar-refractivity contribution in [3.63, 3.8) is 0 Å². The quantitative estimate of drug-likeness (QED) is 0.388. The minimum atomic E-state index is -3.63. The van der Waals surface area contributed by atoms with Gasteiger partial charge in [-0.25, -0.2) is 12.8 Å². The molecule has 6 nitrogen and oxygen atoms in total. The first-order valence-corrected chi connectivity index (χ1v) is 11.4. The fraction of sp³-hybridized carbons (Fsp3) is 0.0833. The highest BCUT2D eigenvalue weighted by Gasteiger charge is 2.23. The second kappa shape index (κ2) is 8.05. The molecule has 0 fully saturated rings. The van der Waals surface area contributed by atoms with Gasteiger partial charge in [0.25, 0.3) is 0 Å². The third-order valence-corrected chi connectivity index (χ3v) is 6.43. The van der Waals surface area contributed by atoms with Crippen LogP contribution in [-0.4, -0.2) is 34.3 Å². The Labute approximate surface area is 183 Å². The van der Waals surface area contributed by atoms with Gasteiger partial charge in [0.2, 0.25) is 10.0 Å². The summed E-state index contributed by atoms with van der Waals surface area (Å²) in [5.41, 5.74) is 2.91. The van der Waals surface area contributed by atoms with Crippen LogP contribution >= 0.6 is 0 Å². The summed E-state index contributed by atoms with van der Waals surface area (Å²) in [7, 11) is -2.21. The maximum Gasteiger partial charge on any atom is 0.232 e. The molecule has 4 aromatic rings. The molecule has 0 saturated heterocycles. The Morgan fingerprint density at radius 1 is 0.938 bits per heavy atom. The molecule has 8 heteroatoms. The zero-order chi connectivity index (χ0) is 23.0. The SMILES string of the molecule is CN(c1cc2oc(-c3ccc(F)cc3)c(C=O)c2cc1-c1cccc(C=O)c1)S(C)(=O)=O. The van der Waals surface area contributed by atoms with E-state index >= 15 is 0 Å². The molecule has 0 radical (unpaired) electrons. The number of anilines is 1. The Balaban J connectivity index is 2.05. The Bertz CT molecular complexity index is 1460. The van der Waals surface area contributed by atoms with E-state index in [4.69, 9.17) is 4.42 Å². The lowest BCUT2D eigenvalue weighted by atomic mass is 9.98. The number of carbonyl (C=O) groups is 2. The van der Waals surface area contributed by atoms with Gasteiger partial charge in [-0.05, 0) is 42.0 Å². The van der Waals surface area contributed by atoms with E-state index in [0.717, 1.165) is 10.6 Å². The molecule has 4 rings (SSSR count). The number of carbonyl (C=O) groups excluding carboxylic acids is 2. The second-order valence-corrected chi connectivity index (χ2v) is 9.32. The maximum absolute atomic E-state index is 13.4. The van der Waals surface area contributed by atoms with Crippen LogP contribution in [0.15, 0.2) is 65.1 Å². The minimum absolute atomic E-state index is 0.252. The molecule has 0 unspecified atom stereocenters. The topological polar surface area (TPSA) is 84.7 Å². The number of furan rings is 1. The summed E-state index contributed by atoms with van der Waals surface area (Å²) in [5.74, 6) is -0.173. The summed E-state index contributed by atoms with van der Waals surface area (Å²) in [6, 6.07) is 15.4. The monoisotopic (exact) mass is 451 g/mol. The van der Waals surface area contributed by atoms with Gasteiger partial charge in [-0.1, -0.05) is 18.2 Å². The fourth-order valence-corrected chi connectivity index (χ4v) is 4.04. The molecular formula is C24H18FNO5S. The lowest BCUT2D eigenvalue weighted by molar-refractivity contribution is 0.111. The molecule has 0 aliphatic heterocycles. The van der Waals surface area contributed by atoms with Crippen molar-refractivity contribution in [3.8, 4) is 22.5 Å². The van der Waals surface area contributed by atoms with Crippen molar-refractivity contribution < 1.29 is 26.8 Å². The molecule has 0 aliphatic rings. The van der Waals surface area contributed by atoms with Crippen LogP contribution in [0.4, 0.5) is 10.1 Å². The molecule has 0 amide bonds. The number of hydrogen-bond donors (Lipinski definition) is 0. The summed E-state index contributed by atoms with van der Waals surface area (Å²) < 4.78 is 45.0. The third kappa shape index (κ3) is 3.80. The Morgan fingerprint density at radius 3 is 2.28 bits per heavy atom. The van der Waals surface area contributed by atoms with Gasteiger partial charge in [-0.2, -0.15) is 0 Å². The van der Waals surface area contributed by atoms with E-state index in [-0.39, 0.29) is 11.3 Å². The van der Waals surface area contributed by atoms with Crippen LogP contribution in [0, 0.1) is 5.82 Å². The number of sulfonamides is 1. The van der Waals surface area contributed by atoms with Crippen molar-refractivity contribution in [2.24, 2.45) is 0 Å². The zero-order valence-corrected chi connectivity index (χ0v) is 18.0. The van der Waals surface area contributed by atoms with Gasteiger partial charge in [0.05, 0.1) is 17.5 Å². The van der Waals surface area contributed by atoms with Crippen molar-refractivity contribution in [1.29, 1.82) is 0 Å². The predicted octanol–water partition coefficient (Wildman–Crippen LogP) is 4.93. The first-order valence-electron chi connectivity index (χ1n) is 9.54. The van der Waals surface area contributed by atoms with Crippen molar-refractivity contribution >= 4 is 39.3 Å². The van der Waals surface area contributed by atoms with E-state index in [1.165, 1.54) is 31.3 Å². The van der Waals surface area contributed by atoms with Crippen LogP contribution in [0.1, 0.15) is 20.7 Å². The van der Waals surface area contributed by atoms with E-state index in [9.17, 15) is 22.4 Å². The van der Waals surface area contributed by atoms with Crippen molar-refractivity contribution in [2.45, 2.75) is 0 Å². The number of rotatable bonds is 6. The van der Waals surface area contributed by atoms with Gasteiger partial charge in [0.1, 0.15) is 23.4 Å². The van der Waals surface area contributed by atoms with E-state index < -0.39 is 15.8 Å². The van der Waals surface area contributed by atoms with Crippen LogP contribution in [0.2, 0.25) is 0 Å². The minimum Gasteiger partial charge on any atom is -0.455 e. The zero-order valence-electron chi connectivity index (χ0n) is 17.2. The first-order chi connectivity index (χ1) is 15.2. The standard InChI is InChI=1S/C24H18FNO5S/c1-26(32(2,29)30)22-12-23-20(11-19(22)17-5-3-4-15(10-17)13-27)21(14-28)24(31-23)16-6-8-18(25)9-7-16/h3-14H,1-2H3. The third-order valence-electron chi connectivity index (χ3n) is 5.24. The highest BCUT2D eigenvalue weighted by Crippen LogP contribution is 2.40. The van der Waals surface area contributed by atoms with Crippen LogP contribution < -0.4 is 4.31 Å². The van der Waals surface area contributed by atoms with Crippen molar-refractivity contribution in [3.05, 3.63) is 77.6 Å². The number of halogens is 1. The normalized spacial score (nSPS) is 11.5. The Hall–Kier alpha value is -3.78. The average molecular weight is 451 g/mol. The summed E-state index contributed by atoms with van der Waals surface area (Å²) >= 11 is 0. The number of fused-ring (bicyclic) bond motifs is 1. The molecule has 1 aromatic heterocycles. The van der Waals surface area contributed by atoms with E-state index in [1.54, 1.807) is 36.4 Å². The highest BCUT2D eigenvalue weighted by atomic mass is 32.2. The smallest absolute Gasteiger partial charge is 0.232 e. The first kappa shape index (κ1) is 21.5. The van der Waals surface area contributed by atoms with Gasteiger partial charge in [0.15, 0.2) is 6.29 Å². The van der Waals surface area contributed by atoms with Gasteiger partial charge in [0, 0.05) is 35.2 Å². The average Bonchev–Trinajstić information content (AvgIpc) is 3.15. The van der Waals surface area contributed by atoms with E-state index in [1.807, 2.05) is 0 Å². The summed E-state index contributed by atoms with van der Waals surface area (Å²) in [6.45, 7) is 0. The molecular weight excluding hydrogens is 433 g/mol. The molecule has 0 bridgehead atoms. The van der Waals surface area contributed by atoms with Crippen LogP contribution in [0.3, 0.4) is 0 Å². The molecule has 0 spiro atoms. The molecule has 0 atom stereocenters. The Kier molecular flexibility index (Phi) is 5.40. The molecule has 1 heterocycles. The summed E-state index contributed by atoms with van der Waals surface area (Å²) in [5, 5.41) is 0.469. The van der Waals surface area contributed by atoms with Crippen LogP contribution in [0.5, 0.6) is 0 Å². The van der Waals surface area contributed by atoms with Crippen molar-refractivity contribution in [1.82, 2.24) is 0 Å².